The maximum atomic E-state index is 5.57. The molecule has 0 amide bonds. The van der Waals surface area contributed by atoms with E-state index in [4.69, 9.17) is 9.97 Å². The SMILES string of the molecule is c1ccc(-c2cc(-c3ccc(-c4ccc5c(c4)Sc4cc6c(c7ccccc7n6-c6cc(-c7ccncc7)cc(-c7ccncc7)c6)c6c7ccccc7n-5c46)cc3)nc(-n3c4ccccc4c4c5c6ccccc6n6c5c(cc43)Sc3ccccc3-6)n2)cc1. The molecule has 0 unspecified atom stereocenters. The van der Waals surface area contributed by atoms with Crippen LogP contribution in [0.25, 0.3) is 166 Å². The van der Waals surface area contributed by atoms with Gasteiger partial charge < -0.3 is 13.7 Å². The Labute approximate surface area is 523 Å². The molecule has 0 saturated carbocycles. The van der Waals surface area contributed by atoms with Crippen molar-refractivity contribution in [3.8, 4) is 78.9 Å². The van der Waals surface area contributed by atoms with E-state index >= 15 is 0 Å². The molecule has 9 heterocycles. The van der Waals surface area contributed by atoms with Gasteiger partial charge in [0.15, 0.2) is 0 Å². The Morgan fingerprint density at radius 3 is 1.28 bits per heavy atom. The zero-order valence-corrected chi connectivity index (χ0v) is 49.6. The van der Waals surface area contributed by atoms with Gasteiger partial charge in [-0.1, -0.05) is 169 Å². The minimum absolute atomic E-state index is 0.627. The fourth-order valence-electron chi connectivity index (χ4n) is 14.7. The number of pyridine rings is 2. The Balaban J connectivity index is 0.729. The van der Waals surface area contributed by atoms with Gasteiger partial charge in [-0.05, 0) is 143 Å². The van der Waals surface area contributed by atoms with E-state index in [0.29, 0.717) is 5.95 Å². The molecule has 8 nitrogen and oxygen atoms in total. The van der Waals surface area contributed by atoms with Crippen molar-refractivity contribution < 1.29 is 0 Å². The molecule has 418 valence electrons. The van der Waals surface area contributed by atoms with Crippen LogP contribution >= 0.6 is 23.5 Å². The minimum Gasteiger partial charge on any atom is -0.309 e. The van der Waals surface area contributed by atoms with Gasteiger partial charge in [0.1, 0.15) is 0 Å². The van der Waals surface area contributed by atoms with E-state index in [-0.39, 0.29) is 0 Å². The molecular formula is C80H46N8S2. The molecule has 0 spiro atoms. The fourth-order valence-corrected chi connectivity index (χ4v) is 16.9. The van der Waals surface area contributed by atoms with E-state index in [1.54, 1.807) is 0 Å². The summed E-state index contributed by atoms with van der Waals surface area (Å²) >= 11 is 3.70. The highest BCUT2D eigenvalue weighted by atomic mass is 32.2. The smallest absolute Gasteiger partial charge is 0.235 e. The molecule has 0 aliphatic carbocycles. The molecule has 11 aromatic carbocycles. The van der Waals surface area contributed by atoms with Gasteiger partial charge in [0.05, 0.1) is 66.9 Å². The third kappa shape index (κ3) is 7.22. The molecule has 7 aromatic heterocycles. The van der Waals surface area contributed by atoms with Crippen molar-refractivity contribution in [3.63, 3.8) is 0 Å². The van der Waals surface area contributed by atoms with Crippen LogP contribution in [0.5, 0.6) is 0 Å². The third-order valence-corrected chi connectivity index (χ3v) is 20.7. The maximum absolute atomic E-state index is 5.57. The molecule has 2 aliphatic heterocycles. The van der Waals surface area contributed by atoms with Gasteiger partial charge in [-0.3, -0.25) is 14.5 Å². The molecule has 0 atom stereocenters. The van der Waals surface area contributed by atoms with Crippen molar-refractivity contribution in [2.24, 2.45) is 0 Å². The Hall–Kier alpha value is -11.3. The van der Waals surface area contributed by atoms with Gasteiger partial charge >= 0.3 is 0 Å². The largest absolute Gasteiger partial charge is 0.309 e. The zero-order chi connectivity index (χ0) is 58.7. The monoisotopic (exact) mass is 1180 g/mol. The molecule has 2 aliphatic rings. The lowest BCUT2D eigenvalue weighted by atomic mass is 9.99. The first-order valence-electron chi connectivity index (χ1n) is 30.2. The third-order valence-electron chi connectivity index (χ3n) is 18.5. The molecule has 0 saturated heterocycles. The summed E-state index contributed by atoms with van der Waals surface area (Å²) in [7, 11) is 0. The van der Waals surface area contributed by atoms with Crippen molar-refractivity contribution in [1.82, 2.24) is 38.2 Å². The van der Waals surface area contributed by atoms with Crippen molar-refractivity contribution >= 4 is 111 Å². The molecule has 0 N–H and O–H groups in total. The Morgan fingerprint density at radius 2 is 0.689 bits per heavy atom. The van der Waals surface area contributed by atoms with Crippen LogP contribution in [-0.2, 0) is 0 Å². The zero-order valence-electron chi connectivity index (χ0n) is 48.0. The number of aromatic nitrogens is 8. The second-order valence-electron chi connectivity index (χ2n) is 23.4. The quantitative estimate of drug-likeness (QED) is 0.158. The number of hydrogen-bond acceptors (Lipinski definition) is 6. The highest BCUT2D eigenvalue weighted by Gasteiger charge is 2.31. The summed E-state index contributed by atoms with van der Waals surface area (Å²) in [5.74, 6) is 0.627. The number of para-hydroxylation sites is 5. The summed E-state index contributed by atoms with van der Waals surface area (Å²) in [6.07, 6.45) is 7.48. The lowest BCUT2D eigenvalue weighted by Crippen LogP contribution is -2.05. The molecule has 10 heteroatoms. The average molecular weight is 1180 g/mol. The summed E-state index contributed by atoms with van der Waals surface area (Å²) in [6.45, 7) is 0. The van der Waals surface area contributed by atoms with Crippen LogP contribution in [-0.4, -0.2) is 38.2 Å². The van der Waals surface area contributed by atoms with Crippen LogP contribution in [0.3, 0.4) is 0 Å². The maximum Gasteiger partial charge on any atom is 0.235 e. The van der Waals surface area contributed by atoms with Crippen LogP contribution in [0.2, 0.25) is 0 Å². The highest BCUT2D eigenvalue weighted by Crippen LogP contribution is 2.54. The number of hydrogen-bond donors (Lipinski definition) is 0. The highest BCUT2D eigenvalue weighted by molar-refractivity contribution is 8.00. The van der Waals surface area contributed by atoms with Crippen LogP contribution in [0.15, 0.2) is 299 Å². The first-order valence-corrected chi connectivity index (χ1v) is 31.9. The van der Waals surface area contributed by atoms with Gasteiger partial charge in [-0.25, -0.2) is 9.97 Å². The second kappa shape index (κ2) is 19.1. The van der Waals surface area contributed by atoms with E-state index in [1.807, 2.05) is 48.3 Å². The topological polar surface area (TPSA) is 71.3 Å². The van der Waals surface area contributed by atoms with Gasteiger partial charge in [-0.15, -0.1) is 0 Å². The number of fused-ring (bicyclic) bond motifs is 18. The van der Waals surface area contributed by atoms with Crippen molar-refractivity contribution in [2.45, 2.75) is 19.6 Å². The standard InChI is InChI=1S/C80H46N8S2/c1-2-14-50(15-3-1)60-44-61(84-80(83-60)88-65-23-11-5-17-57(65)75-69(88)46-72-78-77(75)58-18-6-9-21-63(58)86(78)66-24-12-13-25-70(66)89-72)51-28-26-47(27-29-51)52-30-31-67-71(43-52)90-73-45-68-74(76-59-19-7-10-22-64(59)87(67)79(73)76)56-16-4-8-20-62(56)85(68)55-41-53(48-32-36-81-37-33-48)40-54(42-55)49-34-38-82-39-35-49/h1-46H. The van der Waals surface area contributed by atoms with Crippen LogP contribution in [0, 0.1) is 0 Å². The van der Waals surface area contributed by atoms with Crippen molar-refractivity contribution in [2.75, 3.05) is 0 Å². The van der Waals surface area contributed by atoms with E-state index in [2.05, 4.69) is 283 Å². The van der Waals surface area contributed by atoms with E-state index in [1.165, 1.54) is 102 Å². The van der Waals surface area contributed by atoms with Gasteiger partial charge in [0.25, 0.3) is 0 Å². The summed E-state index contributed by atoms with van der Waals surface area (Å²) in [5.41, 5.74) is 23.3. The first kappa shape index (κ1) is 49.8. The molecular weight excluding hydrogens is 1140 g/mol. The summed E-state index contributed by atoms with van der Waals surface area (Å²) in [4.78, 5) is 24.7. The number of nitrogens with zero attached hydrogens (tertiary/aromatic N) is 8. The molecule has 20 rings (SSSR count). The van der Waals surface area contributed by atoms with E-state index < -0.39 is 0 Å². The summed E-state index contributed by atoms with van der Waals surface area (Å²) in [6, 6.07) is 93.0. The van der Waals surface area contributed by atoms with Crippen molar-refractivity contribution in [3.05, 3.63) is 280 Å². The normalized spacial score (nSPS) is 12.6. The predicted octanol–water partition coefficient (Wildman–Crippen LogP) is 20.9. The van der Waals surface area contributed by atoms with Gasteiger partial charge in [0, 0.05) is 104 Å². The molecule has 18 aromatic rings. The molecule has 0 fully saturated rings. The first-order chi connectivity index (χ1) is 44.6. The minimum atomic E-state index is 0.627. The Kier molecular flexibility index (Phi) is 10.6. The lowest BCUT2D eigenvalue weighted by molar-refractivity contribution is 0.994. The molecule has 0 radical (unpaired) electrons. The van der Waals surface area contributed by atoms with Crippen molar-refractivity contribution in [1.29, 1.82) is 0 Å². The lowest BCUT2D eigenvalue weighted by Gasteiger charge is -2.22. The van der Waals surface area contributed by atoms with Gasteiger partial charge in [-0.2, -0.15) is 0 Å². The number of benzene rings is 11. The fraction of sp³-hybridized carbons (Fsp3) is 0. The van der Waals surface area contributed by atoms with E-state index in [0.717, 1.165) is 78.1 Å². The molecule has 0 bridgehead atoms. The van der Waals surface area contributed by atoms with Crippen LogP contribution in [0.4, 0.5) is 0 Å². The van der Waals surface area contributed by atoms with Crippen LogP contribution in [0.1, 0.15) is 0 Å². The Bertz CT molecular complexity index is 6020. The summed E-state index contributed by atoms with van der Waals surface area (Å²) < 4.78 is 9.76. The number of rotatable bonds is 7. The van der Waals surface area contributed by atoms with Crippen LogP contribution < -0.4 is 0 Å². The van der Waals surface area contributed by atoms with Gasteiger partial charge in [0.2, 0.25) is 5.95 Å². The predicted molar refractivity (Wildman–Crippen MR) is 370 cm³/mol. The summed E-state index contributed by atoms with van der Waals surface area (Å²) in [5, 5.41) is 9.84. The molecule has 90 heavy (non-hydrogen) atoms. The average Bonchev–Trinajstić information content (AvgIpc) is 1.57. The second-order valence-corrected chi connectivity index (χ2v) is 25.5. The Morgan fingerprint density at radius 1 is 0.256 bits per heavy atom. The van der Waals surface area contributed by atoms with E-state index in [9.17, 15) is 0 Å².